The first-order valence-electron chi connectivity index (χ1n) is 5.41. The fourth-order valence-electron chi connectivity index (χ4n) is 1.27. The molecule has 0 saturated heterocycles. The molecule has 0 saturated carbocycles. The van der Waals surface area contributed by atoms with Crippen LogP contribution >= 0.6 is 11.3 Å². The Hall–Kier alpha value is -1.56. The predicted molar refractivity (Wildman–Crippen MR) is 69.0 cm³/mol. The van der Waals surface area contributed by atoms with Crippen molar-refractivity contribution in [3.8, 4) is 0 Å². The van der Waals surface area contributed by atoms with Crippen LogP contribution in [0.3, 0.4) is 0 Å². The molecule has 1 heterocycles. The second kappa shape index (κ2) is 6.24. The van der Waals surface area contributed by atoms with Crippen LogP contribution in [0.2, 0.25) is 0 Å². The van der Waals surface area contributed by atoms with E-state index in [2.05, 4.69) is 5.32 Å². The minimum absolute atomic E-state index is 0.0518. The number of nitrogens with one attached hydrogen (secondary N) is 1. The van der Waals surface area contributed by atoms with Crippen molar-refractivity contribution in [2.75, 3.05) is 25.9 Å². The summed E-state index contributed by atoms with van der Waals surface area (Å²) >= 11 is 1.28. The lowest BCUT2D eigenvalue weighted by atomic mass is 10.3. The molecule has 0 spiro atoms. The quantitative estimate of drug-likeness (QED) is 0.821. The van der Waals surface area contributed by atoms with E-state index in [0.717, 1.165) is 6.42 Å². The average molecular weight is 255 g/mol. The lowest BCUT2D eigenvalue weighted by Crippen LogP contribution is -2.38. The number of rotatable bonds is 5. The number of likely N-dealkylation sites (N-methyl/N-ethyl adjacent to an activating group) is 1. The predicted octanol–water partition coefficient (Wildman–Crippen LogP) is 0.928. The SMILES string of the molecule is CCCNC(=O)CN(C)C(=O)c1sccc1N. The molecular weight excluding hydrogens is 238 g/mol. The molecule has 17 heavy (non-hydrogen) atoms. The number of nitrogen functional groups attached to an aromatic ring is 1. The van der Waals surface area contributed by atoms with Crippen molar-refractivity contribution >= 4 is 28.8 Å². The molecule has 1 aromatic rings. The lowest BCUT2D eigenvalue weighted by molar-refractivity contribution is -0.121. The van der Waals surface area contributed by atoms with Gasteiger partial charge in [-0.15, -0.1) is 11.3 Å². The van der Waals surface area contributed by atoms with E-state index in [1.165, 1.54) is 16.2 Å². The Morgan fingerprint density at radius 1 is 1.53 bits per heavy atom. The van der Waals surface area contributed by atoms with Crippen LogP contribution < -0.4 is 11.1 Å². The van der Waals surface area contributed by atoms with Crippen LogP contribution in [0.1, 0.15) is 23.0 Å². The summed E-state index contributed by atoms with van der Waals surface area (Å²) in [5, 5.41) is 4.47. The topological polar surface area (TPSA) is 75.4 Å². The Balaban J connectivity index is 2.53. The van der Waals surface area contributed by atoms with Crippen molar-refractivity contribution in [2.24, 2.45) is 0 Å². The van der Waals surface area contributed by atoms with Crippen molar-refractivity contribution in [3.63, 3.8) is 0 Å². The van der Waals surface area contributed by atoms with Crippen molar-refractivity contribution < 1.29 is 9.59 Å². The summed E-state index contributed by atoms with van der Waals surface area (Å²) in [6.07, 6.45) is 0.876. The lowest BCUT2D eigenvalue weighted by Gasteiger charge is -2.16. The van der Waals surface area contributed by atoms with Crippen LogP contribution in [0.4, 0.5) is 5.69 Å². The minimum atomic E-state index is -0.218. The average Bonchev–Trinajstić information content (AvgIpc) is 2.71. The number of carbonyl (C=O) groups is 2. The Morgan fingerprint density at radius 2 is 2.24 bits per heavy atom. The third kappa shape index (κ3) is 3.74. The molecule has 0 aliphatic rings. The van der Waals surface area contributed by atoms with Gasteiger partial charge in [0.2, 0.25) is 5.91 Å². The standard InChI is InChI=1S/C11H17N3O2S/c1-3-5-13-9(15)7-14(2)11(16)10-8(12)4-6-17-10/h4,6H,3,5,7,12H2,1-2H3,(H,13,15). The van der Waals surface area contributed by atoms with Gasteiger partial charge in [-0.1, -0.05) is 6.92 Å². The molecule has 0 radical (unpaired) electrons. The highest BCUT2D eigenvalue weighted by atomic mass is 32.1. The van der Waals surface area contributed by atoms with Crippen LogP contribution in [0.15, 0.2) is 11.4 Å². The maximum absolute atomic E-state index is 11.9. The molecule has 94 valence electrons. The molecule has 6 heteroatoms. The summed E-state index contributed by atoms with van der Waals surface area (Å²) in [4.78, 5) is 25.2. The highest BCUT2D eigenvalue weighted by Crippen LogP contribution is 2.20. The van der Waals surface area contributed by atoms with Gasteiger partial charge in [-0.3, -0.25) is 9.59 Å². The molecule has 0 aliphatic heterocycles. The first-order valence-corrected chi connectivity index (χ1v) is 6.29. The zero-order valence-corrected chi connectivity index (χ0v) is 10.8. The van der Waals surface area contributed by atoms with Crippen molar-refractivity contribution in [1.29, 1.82) is 0 Å². The van der Waals surface area contributed by atoms with Crippen LogP contribution in [0, 0.1) is 0 Å². The van der Waals surface area contributed by atoms with Gasteiger partial charge in [0.15, 0.2) is 0 Å². The van der Waals surface area contributed by atoms with E-state index in [4.69, 9.17) is 5.73 Å². The Bertz CT molecular complexity index is 403. The summed E-state index contributed by atoms with van der Waals surface area (Å²) in [6.45, 7) is 2.65. The zero-order chi connectivity index (χ0) is 12.8. The molecule has 2 amide bonds. The first-order chi connectivity index (χ1) is 8.06. The van der Waals surface area contributed by atoms with Gasteiger partial charge in [0.05, 0.1) is 12.2 Å². The summed E-state index contributed by atoms with van der Waals surface area (Å²) in [6, 6.07) is 1.68. The fraction of sp³-hybridized carbons (Fsp3) is 0.455. The molecule has 1 rings (SSSR count). The van der Waals surface area contributed by atoms with Crippen LogP contribution in [-0.2, 0) is 4.79 Å². The zero-order valence-electron chi connectivity index (χ0n) is 10.0. The number of anilines is 1. The minimum Gasteiger partial charge on any atom is -0.397 e. The van der Waals surface area contributed by atoms with Gasteiger partial charge in [-0.2, -0.15) is 0 Å². The fourth-order valence-corrected chi connectivity index (χ4v) is 2.09. The van der Waals surface area contributed by atoms with Crippen molar-refractivity contribution in [3.05, 3.63) is 16.3 Å². The summed E-state index contributed by atoms with van der Waals surface area (Å²) in [7, 11) is 1.59. The number of hydrogen-bond donors (Lipinski definition) is 2. The molecule has 0 bridgehead atoms. The molecule has 0 aromatic carbocycles. The molecule has 0 atom stereocenters. The van der Waals surface area contributed by atoms with Crippen LogP contribution in [0.5, 0.6) is 0 Å². The van der Waals surface area contributed by atoms with Crippen molar-refractivity contribution in [2.45, 2.75) is 13.3 Å². The van der Waals surface area contributed by atoms with Crippen LogP contribution in [0.25, 0.3) is 0 Å². The van der Waals surface area contributed by atoms with Gasteiger partial charge in [0, 0.05) is 13.6 Å². The van der Waals surface area contributed by atoms with E-state index in [9.17, 15) is 9.59 Å². The number of carbonyl (C=O) groups excluding carboxylic acids is 2. The van der Waals surface area contributed by atoms with Gasteiger partial charge in [-0.25, -0.2) is 0 Å². The van der Waals surface area contributed by atoms with Crippen LogP contribution in [-0.4, -0.2) is 36.9 Å². The molecule has 0 aliphatic carbocycles. The number of thiophene rings is 1. The van der Waals surface area contributed by atoms with Gasteiger partial charge in [0.25, 0.3) is 5.91 Å². The summed E-state index contributed by atoms with van der Waals surface area (Å²) in [5.41, 5.74) is 6.11. The van der Waals surface area contributed by atoms with E-state index < -0.39 is 0 Å². The third-order valence-corrected chi connectivity index (χ3v) is 3.11. The molecule has 0 fully saturated rings. The summed E-state index contributed by atoms with van der Waals surface area (Å²) < 4.78 is 0. The second-order valence-electron chi connectivity index (χ2n) is 3.72. The monoisotopic (exact) mass is 255 g/mol. The molecule has 3 N–H and O–H groups in total. The Kier molecular flexibility index (Phi) is 4.96. The van der Waals surface area contributed by atoms with Gasteiger partial charge >= 0.3 is 0 Å². The number of amides is 2. The molecule has 5 nitrogen and oxygen atoms in total. The normalized spacial score (nSPS) is 10.0. The number of nitrogens with zero attached hydrogens (tertiary/aromatic N) is 1. The Labute approximate surface area is 105 Å². The van der Waals surface area contributed by atoms with Gasteiger partial charge in [-0.05, 0) is 17.9 Å². The second-order valence-corrected chi connectivity index (χ2v) is 4.63. The molecular formula is C11H17N3O2S. The van der Waals surface area contributed by atoms with Gasteiger partial charge < -0.3 is 16.0 Å². The summed E-state index contributed by atoms with van der Waals surface area (Å²) in [5.74, 6) is -0.373. The highest BCUT2D eigenvalue weighted by Gasteiger charge is 2.17. The van der Waals surface area contributed by atoms with E-state index in [0.29, 0.717) is 17.1 Å². The molecule has 0 unspecified atom stereocenters. The number of hydrogen-bond acceptors (Lipinski definition) is 4. The largest absolute Gasteiger partial charge is 0.397 e. The highest BCUT2D eigenvalue weighted by molar-refractivity contribution is 7.12. The van der Waals surface area contributed by atoms with E-state index >= 15 is 0 Å². The smallest absolute Gasteiger partial charge is 0.266 e. The van der Waals surface area contributed by atoms with E-state index in [-0.39, 0.29) is 18.4 Å². The molecule has 1 aromatic heterocycles. The first kappa shape index (κ1) is 13.5. The van der Waals surface area contributed by atoms with E-state index in [1.807, 2.05) is 6.92 Å². The van der Waals surface area contributed by atoms with E-state index in [1.54, 1.807) is 18.5 Å². The third-order valence-electron chi connectivity index (χ3n) is 2.19. The Morgan fingerprint density at radius 3 is 2.76 bits per heavy atom. The maximum Gasteiger partial charge on any atom is 0.266 e. The maximum atomic E-state index is 11.9. The van der Waals surface area contributed by atoms with Crippen molar-refractivity contribution in [1.82, 2.24) is 10.2 Å². The number of nitrogens with two attached hydrogens (primary N) is 1. The van der Waals surface area contributed by atoms with Gasteiger partial charge in [0.1, 0.15) is 4.88 Å².